The zero-order chi connectivity index (χ0) is 25.2. The smallest absolute Gasteiger partial charge is 0.254 e. The molecule has 36 heavy (non-hydrogen) atoms. The number of amides is 2. The Labute approximate surface area is 215 Å². The van der Waals surface area contributed by atoms with E-state index in [1.807, 2.05) is 47.4 Å². The van der Waals surface area contributed by atoms with Crippen molar-refractivity contribution in [2.24, 2.45) is 0 Å². The van der Waals surface area contributed by atoms with Gasteiger partial charge in [-0.3, -0.25) is 9.59 Å². The van der Waals surface area contributed by atoms with Gasteiger partial charge in [-0.1, -0.05) is 61.2 Å². The lowest BCUT2D eigenvalue weighted by atomic mass is 9.77. The van der Waals surface area contributed by atoms with Crippen LogP contribution in [0.5, 0.6) is 5.75 Å². The maximum atomic E-state index is 14.0. The highest BCUT2D eigenvalue weighted by Crippen LogP contribution is 2.46. The summed E-state index contributed by atoms with van der Waals surface area (Å²) in [5, 5.41) is 3.03. The number of nitrogens with zero attached hydrogens (tertiary/aromatic N) is 1. The minimum atomic E-state index is -0.685. The second-order valence-corrected chi connectivity index (χ2v) is 9.81. The molecule has 3 aromatic carbocycles. The number of carbonyl (C=O) groups excluding carboxylic acids is 2. The van der Waals surface area contributed by atoms with Gasteiger partial charge in [0.2, 0.25) is 5.91 Å². The van der Waals surface area contributed by atoms with Gasteiger partial charge in [0.05, 0.1) is 29.8 Å². The van der Waals surface area contributed by atoms with Crippen LogP contribution < -0.4 is 10.1 Å². The van der Waals surface area contributed by atoms with Crippen molar-refractivity contribution in [3.63, 3.8) is 0 Å². The Kier molecular flexibility index (Phi) is 6.97. The van der Waals surface area contributed by atoms with Crippen LogP contribution in [-0.4, -0.2) is 29.9 Å². The number of carbonyl (C=O) groups is 2. The van der Waals surface area contributed by atoms with Gasteiger partial charge in [0.25, 0.3) is 5.91 Å². The molecular weight excluding hydrogens is 479 g/mol. The summed E-state index contributed by atoms with van der Waals surface area (Å²) < 4.78 is 19.0. The second kappa shape index (κ2) is 10.3. The summed E-state index contributed by atoms with van der Waals surface area (Å²) in [6, 6.07) is 18.3. The van der Waals surface area contributed by atoms with E-state index in [1.165, 1.54) is 18.2 Å². The largest absolute Gasteiger partial charge is 0.497 e. The Bertz CT molecular complexity index is 1270. The standard InChI is InChI=1S/C29H28ClFN2O3/c1-36-21-14-11-18(12-15-21)27-26(28(34)32-25-16-13-19(31)17-24(25)30)22-9-5-6-10-23(22)29(35)33(27)20-7-3-2-4-8-20/h5-6,9-17,20,26-27H,2-4,7-8H2,1H3,(H,32,34). The van der Waals surface area contributed by atoms with Crippen LogP contribution in [-0.2, 0) is 4.79 Å². The fourth-order valence-corrected chi connectivity index (χ4v) is 5.77. The third-order valence-electron chi connectivity index (χ3n) is 7.27. The molecule has 0 spiro atoms. The van der Waals surface area contributed by atoms with Crippen molar-refractivity contribution >= 4 is 29.1 Å². The molecule has 0 aromatic heterocycles. The van der Waals surface area contributed by atoms with Gasteiger partial charge < -0.3 is 15.0 Å². The van der Waals surface area contributed by atoms with Gasteiger partial charge >= 0.3 is 0 Å². The van der Waals surface area contributed by atoms with Crippen molar-refractivity contribution in [1.29, 1.82) is 0 Å². The van der Waals surface area contributed by atoms with E-state index in [0.717, 1.165) is 37.7 Å². The van der Waals surface area contributed by atoms with Crippen LogP contribution in [0.3, 0.4) is 0 Å². The molecule has 2 aliphatic rings. The molecule has 3 aromatic rings. The minimum Gasteiger partial charge on any atom is -0.497 e. The Morgan fingerprint density at radius 3 is 2.44 bits per heavy atom. The molecule has 186 valence electrons. The van der Waals surface area contributed by atoms with E-state index in [1.54, 1.807) is 13.2 Å². The Morgan fingerprint density at radius 2 is 1.75 bits per heavy atom. The number of methoxy groups -OCH3 is 1. The van der Waals surface area contributed by atoms with Crippen LogP contribution in [0.15, 0.2) is 66.7 Å². The van der Waals surface area contributed by atoms with Crippen LogP contribution in [0, 0.1) is 5.82 Å². The number of nitrogens with one attached hydrogen (secondary N) is 1. The molecule has 7 heteroatoms. The summed E-state index contributed by atoms with van der Waals surface area (Å²) in [5.41, 5.74) is 2.40. The first kappa shape index (κ1) is 24.3. The molecule has 0 saturated heterocycles. The van der Waals surface area contributed by atoms with Gasteiger partial charge in [0, 0.05) is 11.6 Å². The third-order valence-corrected chi connectivity index (χ3v) is 7.59. The molecule has 1 fully saturated rings. The van der Waals surface area contributed by atoms with Crippen molar-refractivity contribution in [1.82, 2.24) is 4.90 Å². The van der Waals surface area contributed by atoms with Crippen LogP contribution in [0.1, 0.15) is 65.5 Å². The molecule has 5 nitrogen and oxygen atoms in total. The lowest BCUT2D eigenvalue weighted by molar-refractivity contribution is -0.119. The van der Waals surface area contributed by atoms with Crippen molar-refractivity contribution in [2.75, 3.05) is 12.4 Å². The fraction of sp³-hybridized carbons (Fsp3) is 0.310. The van der Waals surface area contributed by atoms with Crippen molar-refractivity contribution in [3.05, 3.63) is 94.3 Å². The van der Waals surface area contributed by atoms with Gasteiger partial charge in [-0.25, -0.2) is 4.39 Å². The van der Waals surface area contributed by atoms with E-state index in [-0.39, 0.29) is 22.9 Å². The lowest BCUT2D eigenvalue weighted by Crippen LogP contribution is -2.51. The van der Waals surface area contributed by atoms with E-state index >= 15 is 0 Å². The highest BCUT2D eigenvalue weighted by molar-refractivity contribution is 6.33. The van der Waals surface area contributed by atoms with Gasteiger partial charge in [-0.2, -0.15) is 0 Å². The molecule has 5 rings (SSSR count). The van der Waals surface area contributed by atoms with Gasteiger partial charge in [-0.05, 0) is 60.4 Å². The number of rotatable bonds is 5. The zero-order valence-corrected chi connectivity index (χ0v) is 20.8. The molecule has 1 aliphatic carbocycles. The van der Waals surface area contributed by atoms with Crippen molar-refractivity contribution in [2.45, 2.75) is 50.1 Å². The summed E-state index contributed by atoms with van der Waals surface area (Å²) >= 11 is 6.24. The summed E-state index contributed by atoms with van der Waals surface area (Å²) in [5.74, 6) is -0.821. The molecule has 1 saturated carbocycles. The number of ether oxygens (including phenoxy) is 1. The Hall–Kier alpha value is -3.38. The number of halogens is 2. The highest BCUT2D eigenvalue weighted by atomic mass is 35.5. The van der Waals surface area contributed by atoms with E-state index in [9.17, 15) is 14.0 Å². The summed E-state index contributed by atoms with van der Waals surface area (Å²) in [4.78, 5) is 29.9. The fourth-order valence-electron chi connectivity index (χ4n) is 5.55. The number of benzene rings is 3. The third kappa shape index (κ3) is 4.58. The molecule has 1 heterocycles. The number of anilines is 1. The summed E-state index contributed by atoms with van der Waals surface area (Å²) in [6.45, 7) is 0. The first-order chi connectivity index (χ1) is 17.5. The second-order valence-electron chi connectivity index (χ2n) is 9.40. The first-order valence-corrected chi connectivity index (χ1v) is 12.7. The maximum Gasteiger partial charge on any atom is 0.254 e. The van der Waals surface area contributed by atoms with Gasteiger partial charge in [0.15, 0.2) is 0 Å². The number of fused-ring (bicyclic) bond motifs is 1. The molecule has 0 bridgehead atoms. The van der Waals surface area contributed by atoms with E-state index in [2.05, 4.69) is 5.32 Å². The van der Waals surface area contributed by atoms with E-state index in [4.69, 9.17) is 16.3 Å². The topological polar surface area (TPSA) is 58.6 Å². The normalized spacial score (nSPS) is 20.1. The van der Waals surface area contributed by atoms with E-state index in [0.29, 0.717) is 22.6 Å². The average molecular weight is 507 g/mol. The molecule has 2 unspecified atom stereocenters. The molecule has 0 radical (unpaired) electrons. The van der Waals surface area contributed by atoms with Crippen LogP contribution in [0.25, 0.3) is 0 Å². The average Bonchev–Trinajstić information content (AvgIpc) is 2.90. The quantitative estimate of drug-likeness (QED) is 0.417. The van der Waals surface area contributed by atoms with Gasteiger partial charge in [-0.15, -0.1) is 0 Å². The molecule has 2 amide bonds. The lowest BCUT2D eigenvalue weighted by Gasteiger charge is -2.46. The Balaban J connectivity index is 1.64. The molecule has 1 N–H and O–H groups in total. The highest BCUT2D eigenvalue weighted by Gasteiger charge is 2.46. The van der Waals surface area contributed by atoms with Crippen LogP contribution >= 0.6 is 11.6 Å². The summed E-state index contributed by atoms with van der Waals surface area (Å²) in [6.07, 6.45) is 5.05. The first-order valence-electron chi connectivity index (χ1n) is 12.3. The monoisotopic (exact) mass is 506 g/mol. The van der Waals surface area contributed by atoms with Crippen molar-refractivity contribution in [3.8, 4) is 5.75 Å². The van der Waals surface area contributed by atoms with Crippen LogP contribution in [0.4, 0.5) is 10.1 Å². The maximum absolute atomic E-state index is 14.0. The minimum absolute atomic E-state index is 0.0383. The molecule has 1 aliphatic heterocycles. The predicted octanol–water partition coefficient (Wildman–Crippen LogP) is 6.74. The zero-order valence-electron chi connectivity index (χ0n) is 20.0. The Morgan fingerprint density at radius 1 is 1.03 bits per heavy atom. The SMILES string of the molecule is COc1ccc(C2C(C(=O)Nc3ccc(F)cc3Cl)c3ccccc3C(=O)N2C2CCCCC2)cc1. The number of hydrogen-bond donors (Lipinski definition) is 1. The molecular formula is C29H28ClFN2O3. The number of hydrogen-bond acceptors (Lipinski definition) is 3. The molecule has 2 atom stereocenters. The van der Waals surface area contributed by atoms with Gasteiger partial charge in [0.1, 0.15) is 11.6 Å². The van der Waals surface area contributed by atoms with E-state index < -0.39 is 17.8 Å². The van der Waals surface area contributed by atoms with Crippen LogP contribution in [0.2, 0.25) is 5.02 Å². The predicted molar refractivity (Wildman–Crippen MR) is 138 cm³/mol. The van der Waals surface area contributed by atoms with Crippen molar-refractivity contribution < 1.29 is 18.7 Å². The summed E-state index contributed by atoms with van der Waals surface area (Å²) in [7, 11) is 1.60.